The second-order valence-corrected chi connectivity index (χ2v) is 3.72. The van der Waals surface area contributed by atoms with Crippen molar-refractivity contribution in [3.8, 4) is 5.75 Å². The zero-order valence-corrected chi connectivity index (χ0v) is 10.2. The average Bonchev–Trinajstić information content (AvgIpc) is 2.32. The Balaban J connectivity index is 2.54. The normalized spacial score (nSPS) is 10.3. The quantitative estimate of drug-likeness (QED) is 0.661. The van der Waals surface area contributed by atoms with Crippen LogP contribution in [0.5, 0.6) is 5.75 Å². The monoisotopic (exact) mass is 256 g/mol. The summed E-state index contributed by atoms with van der Waals surface area (Å²) in [5.74, 6) is -0.725. The number of carbonyl (C=O) groups excluding carboxylic acids is 1. The summed E-state index contributed by atoms with van der Waals surface area (Å²) in [5.41, 5.74) is 5.67. The van der Waals surface area contributed by atoms with Crippen LogP contribution < -0.4 is 15.8 Å². The maximum Gasteiger partial charge on any atom is 0.255 e. The van der Waals surface area contributed by atoms with Gasteiger partial charge in [0.25, 0.3) is 5.91 Å². The zero-order valence-electron chi connectivity index (χ0n) is 10.2. The van der Waals surface area contributed by atoms with Gasteiger partial charge in [0.05, 0.1) is 6.61 Å². The van der Waals surface area contributed by atoms with Crippen LogP contribution >= 0.6 is 0 Å². The van der Waals surface area contributed by atoms with Crippen LogP contribution in [-0.4, -0.2) is 32.8 Å². The lowest BCUT2D eigenvalue weighted by Crippen LogP contribution is -2.20. The summed E-state index contributed by atoms with van der Waals surface area (Å²) in [6, 6.07) is 4.27. The third kappa shape index (κ3) is 5.60. The number of halogens is 1. The summed E-state index contributed by atoms with van der Waals surface area (Å²) in [6.07, 6.45) is 0. The Hall–Kier alpha value is -1.66. The molecule has 0 atom stereocenters. The first-order valence-corrected chi connectivity index (χ1v) is 5.52. The van der Waals surface area contributed by atoms with E-state index in [1.165, 1.54) is 12.1 Å². The lowest BCUT2D eigenvalue weighted by atomic mass is 10.2. The first-order valence-electron chi connectivity index (χ1n) is 5.52. The summed E-state index contributed by atoms with van der Waals surface area (Å²) in [4.78, 5) is 10.6. The molecule has 100 valence electrons. The van der Waals surface area contributed by atoms with Gasteiger partial charge in [-0.05, 0) is 17.7 Å². The minimum atomic E-state index is -0.598. The van der Waals surface area contributed by atoms with Gasteiger partial charge in [-0.15, -0.1) is 0 Å². The number of primary amides is 1. The lowest BCUT2D eigenvalue weighted by molar-refractivity contribution is -0.119. The highest BCUT2D eigenvalue weighted by Gasteiger charge is 2.03. The van der Waals surface area contributed by atoms with E-state index in [1.807, 2.05) is 0 Å². The Morgan fingerprint density at radius 3 is 2.89 bits per heavy atom. The standard InChI is InChI=1S/C12H17FN2O3/c1-17-3-2-15-7-9-4-10(13)6-11(5-9)18-8-12(14)16/h4-6,15H,2-3,7-8H2,1H3,(H2,14,16). The SMILES string of the molecule is COCCNCc1cc(F)cc(OCC(N)=O)c1. The number of nitrogens with one attached hydrogen (secondary N) is 1. The smallest absolute Gasteiger partial charge is 0.255 e. The fourth-order valence-electron chi connectivity index (χ4n) is 1.37. The van der Waals surface area contributed by atoms with Crippen molar-refractivity contribution in [2.45, 2.75) is 6.54 Å². The molecule has 0 spiro atoms. The van der Waals surface area contributed by atoms with Crippen molar-refractivity contribution in [1.82, 2.24) is 5.32 Å². The predicted molar refractivity (Wildman–Crippen MR) is 64.7 cm³/mol. The van der Waals surface area contributed by atoms with Gasteiger partial charge in [0.2, 0.25) is 0 Å². The molecule has 0 heterocycles. The molecule has 0 saturated heterocycles. The molecule has 0 bridgehead atoms. The van der Waals surface area contributed by atoms with Gasteiger partial charge in [0.1, 0.15) is 11.6 Å². The van der Waals surface area contributed by atoms with Crippen LogP contribution in [-0.2, 0) is 16.1 Å². The van der Waals surface area contributed by atoms with Gasteiger partial charge in [-0.25, -0.2) is 4.39 Å². The number of hydrogen-bond donors (Lipinski definition) is 2. The van der Waals surface area contributed by atoms with E-state index in [-0.39, 0.29) is 12.4 Å². The van der Waals surface area contributed by atoms with E-state index in [2.05, 4.69) is 5.32 Å². The molecule has 0 aliphatic carbocycles. The lowest BCUT2D eigenvalue weighted by Gasteiger charge is -2.08. The van der Waals surface area contributed by atoms with Gasteiger partial charge in [-0.1, -0.05) is 0 Å². The molecule has 0 aromatic heterocycles. The third-order valence-corrected chi connectivity index (χ3v) is 2.12. The van der Waals surface area contributed by atoms with Crippen molar-refractivity contribution >= 4 is 5.91 Å². The van der Waals surface area contributed by atoms with Crippen molar-refractivity contribution in [2.24, 2.45) is 5.73 Å². The van der Waals surface area contributed by atoms with Crippen LogP contribution in [0.25, 0.3) is 0 Å². The molecule has 0 unspecified atom stereocenters. The molecule has 1 aromatic rings. The molecule has 0 aliphatic heterocycles. The number of carbonyl (C=O) groups is 1. The number of ether oxygens (including phenoxy) is 2. The largest absolute Gasteiger partial charge is 0.484 e. The summed E-state index contributed by atoms with van der Waals surface area (Å²) < 4.78 is 23.2. The number of benzene rings is 1. The Labute approximate surface area is 105 Å². The molecule has 1 rings (SSSR count). The van der Waals surface area contributed by atoms with Crippen molar-refractivity contribution in [3.63, 3.8) is 0 Å². The third-order valence-electron chi connectivity index (χ3n) is 2.12. The van der Waals surface area contributed by atoms with Gasteiger partial charge in [0, 0.05) is 26.3 Å². The first kappa shape index (κ1) is 14.4. The minimum absolute atomic E-state index is 0.264. The van der Waals surface area contributed by atoms with E-state index >= 15 is 0 Å². The summed E-state index contributed by atoms with van der Waals surface area (Å²) in [5, 5.41) is 3.08. The van der Waals surface area contributed by atoms with E-state index in [0.29, 0.717) is 19.7 Å². The van der Waals surface area contributed by atoms with E-state index in [1.54, 1.807) is 13.2 Å². The number of rotatable bonds is 8. The molecule has 0 aliphatic rings. The number of amides is 1. The molecule has 0 saturated carbocycles. The minimum Gasteiger partial charge on any atom is -0.484 e. The van der Waals surface area contributed by atoms with Gasteiger partial charge in [0.15, 0.2) is 6.61 Å². The van der Waals surface area contributed by atoms with Crippen LogP contribution in [0.1, 0.15) is 5.56 Å². The molecule has 1 amide bonds. The van der Waals surface area contributed by atoms with Crippen molar-refractivity contribution in [3.05, 3.63) is 29.6 Å². The van der Waals surface area contributed by atoms with E-state index in [4.69, 9.17) is 15.2 Å². The van der Waals surface area contributed by atoms with Crippen LogP contribution in [0.2, 0.25) is 0 Å². The molecule has 6 heteroatoms. The second-order valence-electron chi connectivity index (χ2n) is 3.72. The zero-order chi connectivity index (χ0) is 13.4. The molecule has 1 aromatic carbocycles. The highest BCUT2D eigenvalue weighted by molar-refractivity contribution is 5.75. The van der Waals surface area contributed by atoms with Gasteiger partial charge in [-0.2, -0.15) is 0 Å². The molecular formula is C12H17FN2O3. The molecule has 3 N–H and O–H groups in total. The molecule has 0 fully saturated rings. The van der Waals surface area contributed by atoms with Gasteiger partial charge in [-0.3, -0.25) is 4.79 Å². The van der Waals surface area contributed by atoms with Crippen LogP contribution in [0, 0.1) is 5.82 Å². The highest BCUT2D eigenvalue weighted by Crippen LogP contribution is 2.16. The van der Waals surface area contributed by atoms with Crippen molar-refractivity contribution in [1.29, 1.82) is 0 Å². The Kier molecular flexibility index (Phi) is 6.10. The topological polar surface area (TPSA) is 73.6 Å². The van der Waals surface area contributed by atoms with E-state index in [0.717, 1.165) is 5.56 Å². The van der Waals surface area contributed by atoms with E-state index < -0.39 is 11.7 Å². The highest BCUT2D eigenvalue weighted by atomic mass is 19.1. The van der Waals surface area contributed by atoms with Crippen LogP contribution in [0.3, 0.4) is 0 Å². The second kappa shape index (κ2) is 7.62. The van der Waals surface area contributed by atoms with Crippen molar-refractivity contribution in [2.75, 3.05) is 26.9 Å². The fraction of sp³-hybridized carbons (Fsp3) is 0.417. The Morgan fingerprint density at radius 2 is 2.22 bits per heavy atom. The summed E-state index contributed by atoms with van der Waals surface area (Å²) in [6.45, 7) is 1.49. The molecular weight excluding hydrogens is 239 g/mol. The fourth-order valence-corrected chi connectivity index (χ4v) is 1.37. The molecule has 18 heavy (non-hydrogen) atoms. The first-order chi connectivity index (χ1) is 8.61. The Bertz CT molecular complexity index is 399. The average molecular weight is 256 g/mol. The number of nitrogens with two attached hydrogens (primary N) is 1. The van der Waals surface area contributed by atoms with Crippen LogP contribution in [0.4, 0.5) is 4.39 Å². The number of methoxy groups -OCH3 is 1. The van der Waals surface area contributed by atoms with Crippen LogP contribution in [0.15, 0.2) is 18.2 Å². The molecule has 0 radical (unpaired) electrons. The van der Waals surface area contributed by atoms with Gasteiger partial charge < -0.3 is 20.5 Å². The summed E-state index contributed by atoms with van der Waals surface area (Å²) >= 11 is 0. The predicted octanol–water partition coefficient (Wildman–Crippen LogP) is 0.426. The number of hydrogen-bond acceptors (Lipinski definition) is 4. The van der Waals surface area contributed by atoms with E-state index in [9.17, 15) is 9.18 Å². The Morgan fingerprint density at radius 1 is 1.44 bits per heavy atom. The summed E-state index contributed by atoms with van der Waals surface area (Å²) in [7, 11) is 1.61. The van der Waals surface area contributed by atoms with Crippen molar-refractivity contribution < 1.29 is 18.7 Å². The maximum atomic E-state index is 13.3. The van der Waals surface area contributed by atoms with Gasteiger partial charge >= 0.3 is 0 Å². The molecule has 5 nitrogen and oxygen atoms in total. The maximum absolute atomic E-state index is 13.3.